The van der Waals surface area contributed by atoms with Crippen LogP contribution in [0.3, 0.4) is 0 Å². The first kappa shape index (κ1) is 21.4. The maximum Gasteiger partial charge on any atom is 0.222 e. The van der Waals surface area contributed by atoms with Crippen LogP contribution >= 0.6 is 15.9 Å². The number of carbonyl (C=O) groups is 1. The lowest BCUT2D eigenvalue weighted by atomic mass is 9.79. The molecule has 0 N–H and O–H groups in total. The third-order valence-electron chi connectivity index (χ3n) is 7.65. The fourth-order valence-electron chi connectivity index (χ4n) is 6.12. The van der Waals surface area contributed by atoms with Crippen molar-refractivity contribution in [3.8, 4) is 11.4 Å². The number of hydrogen-bond acceptors (Lipinski definition) is 2. The van der Waals surface area contributed by atoms with Crippen molar-refractivity contribution in [2.75, 3.05) is 7.05 Å². The van der Waals surface area contributed by atoms with Gasteiger partial charge in [-0.25, -0.2) is 4.98 Å². The average molecular weight is 492 g/mol. The van der Waals surface area contributed by atoms with Gasteiger partial charge in [0.05, 0.1) is 5.54 Å². The summed E-state index contributed by atoms with van der Waals surface area (Å²) in [6.07, 6.45) is 7.44. The van der Waals surface area contributed by atoms with Crippen LogP contribution < -0.4 is 0 Å². The number of fused-ring (bicyclic) bond motifs is 3. The Morgan fingerprint density at radius 2 is 1.91 bits per heavy atom. The van der Waals surface area contributed by atoms with Gasteiger partial charge >= 0.3 is 0 Å². The summed E-state index contributed by atoms with van der Waals surface area (Å²) < 4.78 is 3.32. The number of imidazole rings is 1. The third-order valence-corrected chi connectivity index (χ3v) is 8.18. The molecule has 1 saturated carbocycles. The first-order chi connectivity index (χ1) is 15.4. The van der Waals surface area contributed by atoms with Gasteiger partial charge in [-0.1, -0.05) is 66.2 Å². The van der Waals surface area contributed by atoms with E-state index < -0.39 is 5.54 Å². The standard InChI is InChI=1S/C27H30BrN3O/c1-18-16-19(2)24(17-18)30(3)25(32)12-13-27(20-8-10-21(28)11-9-20)23-7-5-4-6-22(23)26-29-14-15-31(26)27/h4-11,14-15,18-19,24H,12-13,16-17H2,1-3H3. The van der Waals surface area contributed by atoms with Crippen LogP contribution in [-0.2, 0) is 10.3 Å². The molecule has 5 rings (SSSR count). The van der Waals surface area contributed by atoms with Crippen LogP contribution in [0.15, 0.2) is 65.4 Å². The Morgan fingerprint density at radius 1 is 1.16 bits per heavy atom. The van der Waals surface area contributed by atoms with Crippen LogP contribution in [0.2, 0.25) is 0 Å². The Hall–Kier alpha value is -2.40. The number of aromatic nitrogens is 2. The topological polar surface area (TPSA) is 38.1 Å². The normalized spacial score (nSPS) is 26.1. The monoisotopic (exact) mass is 491 g/mol. The molecular weight excluding hydrogens is 462 g/mol. The van der Waals surface area contributed by atoms with Crippen molar-refractivity contribution in [2.24, 2.45) is 11.8 Å². The van der Waals surface area contributed by atoms with Crippen molar-refractivity contribution < 1.29 is 4.79 Å². The minimum Gasteiger partial charge on any atom is -0.343 e. The molecule has 4 nitrogen and oxygen atoms in total. The van der Waals surface area contributed by atoms with Gasteiger partial charge in [-0.05, 0) is 54.4 Å². The predicted molar refractivity (Wildman–Crippen MR) is 131 cm³/mol. The van der Waals surface area contributed by atoms with Gasteiger partial charge in [0.15, 0.2) is 0 Å². The SMILES string of the molecule is CC1CC(C)C(N(C)C(=O)CCC2(c3ccc(Br)cc3)c3ccccc3-c3nccn32)C1. The summed E-state index contributed by atoms with van der Waals surface area (Å²) in [5.74, 6) is 2.46. The van der Waals surface area contributed by atoms with E-state index in [0.29, 0.717) is 30.7 Å². The maximum absolute atomic E-state index is 13.4. The molecule has 1 aliphatic carbocycles. The molecule has 1 fully saturated rings. The number of hydrogen-bond donors (Lipinski definition) is 0. The molecule has 32 heavy (non-hydrogen) atoms. The summed E-state index contributed by atoms with van der Waals surface area (Å²) in [4.78, 5) is 20.1. The van der Waals surface area contributed by atoms with Gasteiger partial charge < -0.3 is 9.47 Å². The Kier molecular flexibility index (Phi) is 5.48. The molecule has 0 bridgehead atoms. The highest BCUT2D eigenvalue weighted by atomic mass is 79.9. The summed E-state index contributed by atoms with van der Waals surface area (Å²) in [5, 5.41) is 0. The number of amides is 1. The quantitative estimate of drug-likeness (QED) is 0.432. The van der Waals surface area contributed by atoms with E-state index in [1.54, 1.807) is 0 Å². The molecule has 0 radical (unpaired) electrons. The van der Waals surface area contributed by atoms with E-state index in [1.165, 1.54) is 17.5 Å². The molecule has 3 aromatic rings. The van der Waals surface area contributed by atoms with E-state index >= 15 is 0 Å². The molecule has 4 unspecified atom stereocenters. The van der Waals surface area contributed by atoms with E-state index in [4.69, 9.17) is 0 Å². The zero-order valence-corrected chi connectivity index (χ0v) is 20.5. The molecule has 0 spiro atoms. The van der Waals surface area contributed by atoms with Gasteiger partial charge in [0, 0.05) is 41.9 Å². The predicted octanol–water partition coefficient (Wildman–Crippen LogP) is 6.09. The summed E-state index contributed by atoms with van der Waals surface area (Å²) in [6.45, 7) is 4.58. The highest BCUT2D eigenvalue weighted by Crippen LogP contribution is 2.49. The van der Waals surface area contributed by atoms with Crippen molar-refractivity contribution in [3.63, 3.8) is 0 Å². The van der Waals surface area contributed by atoms with E-state index in [9.17, 15) is 4.79 Å². The molecule has 1 amide bonds. The van der Waals surface area contributed by atoms with Crippen LogP contribution in [-0.4, -0.2) is 33.4 Å². The van der Waals surface area contributed by atoms with Crippen molar-refractivity contribution in [3.05, 3.63) is 76.5 Å². The second-order valence-electron chi connectivity index (χ2n) is 9.66. The minimum absolute atomic E-state index is 0.235. The fourth-order valence-corrected chi connectivity index (χ4v) is 6.38. The molecular formula is C27H30BrN3O. The van der Waals surface area contributed by atoms with Gasteiger partial charge in [0.1, 0.15) is 5.82 Å². The summed E-state index contributed by atoms with van der Waals surface area (Å²) in [5.41, 5.74) is 3.13. The lowest BCUT2D eigenvalue weighted by Crippen LogP contribution is -2.40. The molecule has 2 aromatic carbocycles. The Morgan fingerprint density at radius 3 is 2.62 bits per heavy atom. The Bertz CT molecular complexity index is 1140. The second-order valence-corrected chi connectivity index (χ2v) is 10.6. The molecule has 1 aromatic heterocycles. The smallest absolute Gasteiger partial charge is 0.222 e. The number of rotatable bonds is 5. The van der Waals surface area contributed by atoms with E-state index in [0.717, 1.165) is 22.3 Å². The lowest BCUT2D eigenvalue weighted by molar-refractivity contribution is -0.133. The number of benzene rings is 2. The minimum atomic E-state index is -0.436. The molecule has 5 heteroatoms. The van der Waals surface area contributed by atoms with E-state index in [-0.39, 0.29) is 5.91 Å². The third kappa shape index (κ3) is 3.33. The van der Waals surface area contributed by atoms with Crippen molar-refractivity contribution in [1.29, 1.82) is 0 Å². The van der Waals surface area contributed by atoms with Crippen molar-refractivity contribution in [2.45, 2.75) is 51.1 Å². The number of nitrogens with zero attached hydrogens (tertiary/aromatic N) is 3. The van der Waals surface area contributed by atoms with Gasteiger partial charge in [0.2, 0.25) is 5.91 Å². The van der Waals surface area contributed by atoms with Crippen molar-refractivity contribution in [1.82, 2.24) is 14.5 Å². The summed E-state index contributed by atoms with van der Waals surface area (Å²) in [6, 6.07) is 17.4. The summed E-state index contributed by atoms with van der Waals surface area (Å²) >= 11 is 3.58. The van der Waals surface area contributed by atoms with Gasteiger partial charge in [-0.3, -0.25) is 4.79 Å². The first-order valence-corrected chi connectivity index (χ1v) is 12.4. The first-order valence-electron chi connectivity index (χ1n) is 11.6. The van der Waals surface area contributed by atoms with Crippen LogP contribution in [0.4, 0.5) is 0 Å². The number of halogens is 1. The van der Waals surface area contributed by atoms with Crippen LogP contribution in [0.25, 0.3) is 11.4 Å². The molecule has 2 aliphatic rings. The fraction of sp³-hybridized carbons (Fsp3) is 0.407. The molecule has 2 heterocycles. The highest BCUT2D eigenvalue weighted by molar-refractivity contribution is 9.10. The van der Waals surface area contributed by atoms with Gasteiger partial charge in [-0.15, -0.1) is 0 Å². The maximum atomic E-state index is 13.4. The summed E-state index contributed by atoms with van der Waals surface area (Å²) in [7, 11) is 2.00. The Labute approximate surface area is 198 Å². The number of carbonyl (C=O) groups excluding carboxylic acids is 1. The largest absolute Gasteiger partial charge is 0.343 e. The molecule has 1 aliphatic heterocycles. The second kappa shape index (κ2) is 8.18. The Balaban J connectivity index is 1.52. The molecule has 166 valence electrons. The highest BCUT2D eigenvalue weighted by Gasteiger charge is 2.45. The van der Waals surface area contributed by atoms with E-state index in [2.05, 4.69) is 94.1 Å². The van der Waals surface area contributed by atoms with Crippen LogP contribution in [0, 0.1) is 11.8 Å². The molecule has 0 saturated heterocycles. The van der Waals surface area contributed by atoms with Gasteiger partial charge in [0.25, 0.3) is 0 Å². The lowest BCUT2D eigenvalue weighted by Gasteiger charge is -2.35. The van der Waals surface area contributed by atoms with Crippen LogP contribution in [0.1, 0.15) is 50.7 Å². The molecule has 4 atom stereocenters. The zero-order chi connectivity index (χ0) is 22.5. The van der Waals surface area contributed by atoms with Gasteiger partial charge in [-0.2, -0.15) is 0 Å². The van der Waals surface area contributed by atoms with E-state index in [1.807, 2.05) is 18.1 Å². The average Bonchev–Trinajstić information content (AvgIpc) is 3.47. The zero-order valence-electron chi connectivity index (χ0n) is 19.0. The van der Waals surface area contributed by atoms with Crippen LogP contribution in [0.5, 0.6) is 0 Å². The van der Waals surface area contributed by atoms with Crippen molar-refractivity contribution >= 4 is 21.8 Å².